The van der Waals surface area contributed by atoms with E-state index in [1.54, 1.807) is 0 Å². The van der Waals surface area contributed by atoms with Gasteiger partial charge in [0, 0.05) is 38.5 Å². The molecule has 1 heterocycles. The van der Waals surface area contributed by atoms with E-state index in [0.717, 1.165) is 38.9 Å². The summed E-state index contributed by atoms with van der Waals surface area (Å²) in [5.74, 6) is 2.87. The minimum Gasteiger partial charge on any atom is -0.337 e. The Hall–Kier alpha value is -1.01. The van der Waals surface area contributed by atoms with E-state index in [9.17, 15) is 4.79 Å². The summed E-state index contributed by atoms with van der Waals surface area (Å²) < 4.78 is 0. The van der Waals surface area contributed by atoms with Gasteiger partial charge in [0.1, 0.15) is 0 Å². The number of amides is 1. The van der Waals surface area contributed by atoms with Crippen molar-refractivity contribution >= 4 is 5.91 Å². The summed E-state index contributed by atoms with van der Waals surface area (Å²) in [5.41, 5.74) is 0. The van der Waals surface area contributed by atoms with E-state index in [1.807, 2.05) is 4.90 Å². The van der Waals surface area contributed by atoms with Crippen molar-refractivity contribution in [2.75, 3.05) is 19.6 Å². The van der Waals surface area contributed by atoms with Crippen molar-refractivity contribution in [3.63, 3.8) is 0 Å². The molecule has 0 aliphatic carbocycles. The lowest BCUT2D eigenvalue weighted by Crippen LogP contribution is -2.52. The van der Waals surface area contributed by atoms with Gasteiger partial charge in [-0.25, -0.2) is 0 Å². The first-order valence-electron chi connectivity index (χ1n) is 5.69. The minimum atomic E-state index is 0.279. The van der Waals surface area contributed by atoms with Gasteiger partial charge in [0.05, 0.1) is 0 Å². The van der Waals surface area contributed by atoms with E-state index in [1.165, 1.54) is 0 Å². The predicted molar refractivity (Wildman–Crippen MR) is 61.3 cm³/mol. The van der Waals surface area contributed by atoms with Crippen molar-refractivity contribution in [2.45, 2.75) is 38.6 Å². The maximum absolute atomic E-state index is 11.8. The lowest BCUT2D eigenvalue weighted by molar-refractivity contribution is -0.134. The number of carbonyl (C=O) groups is 1. The highest BCUT2D eigenvalue weighted by molar-refractivity contribution is 5.76. The molecule has 1 fully saturated rings. The Morgan fingerprint density at radius 3 is 3.07 bits per heavy atom. The molecule has 15 heavy (non-hydrogen) atoms. The molecule has 0 aromatic carbocycles. The Morgan fingerprint density at radius 2 is 2.40 bits per heavy atom. The Bertz CT molecular complexity index is 244. The van der Waals surface area contributed by atoms with E-state index in [2.05, 4.69) is 18.2 Å². The third-order valence-corrected chi connectivity index (χ3v) is 2.78. The first-order chi connectivity index (χ1) is 7.25. The molecular formula is C12H20N2O. The molecule has 1 aliphatic heterocycles. The van der Waals surface area contributed by atoms with Crippen LogP contribution in [0.3, 0.4) is 0 Å². The number of carbonyl (C=O) groups excluding carboxylic acids is 1. The SMILES string of the molecule is C#CCCCCC(=O)N1CCNC[C@H]1C. The van der Waals surface area contributed by atoms with Crippen molar-refractivity contribution in [3.05, 3.63) is 0 Å². The van der Waals surface area contributed by atoms with Crippen molar-refractivity contribution in [1.82, 2.24) is 10.2 Å². The molecule has 84 valence electrons. The van der Waals surface area contributed by atoms with Crippen LogP contribution in [0.4, 0.5) is 0 Å². The van der Waals surface area contributed by atoms with Gasteiger partial charge < -0.3 is 10.2 Å². The molecule has 1 saturated heterocycles. The van der Waals surface area contributed by atoms with Gasteiger partial charge >= 0.3 is 0 Å². The number of piperazine rings is 1. The summed E-state index contributed by atoms with van der Waals surface area (Å²) in [6, 6.07) is 0.332. The molecule has 1 N–H and O–H groups in total. The molecular weight excluding hydrogens is 188 g/mol. The highest BCUT2D eigenvalue weighted by Crippen LogP contribution is 2.08. The molecule has 0 radical (unpaired) electrons. The largest absolute Gasteiger partial charge is 0.337 e. The van der Waals surface area contributed by atoms with Crippen molar-refractivity contribution in [2.24, 2.45) is 0 Å². The fraction of sp³-hybridized carbons (Fsp3) is 0.750. The summed E-state index contributed by atoms with van der Waals surface area (Å²) >= 11 is 0. The molecule has 1 atom stereocenters. The molecule has 1 rings (SSSR count). The van der Waals surface area contributed by atoms with Crippen LogP contribution in [-0.4, -0.2) is 36.5 Å². The fourth-order valence-electron chi connectivity index (χ4n) is 1.86. The molecule has 1 aliphatic rings. The molecule has 1 amide bonds. The van der Waals surface area contributed by atoms with Crippen molar-refractivity contribution < 1.29 is 4.79 Å². The van der Waals surface area contributed by atoms with Crippen LogP contribution in [0.25, 0.3) is 0 Å². The zero-order chi connectivity index (χ0) is 11.1. The summed E-state index contributed by atoms with van der Waals surface area (Å²) in [6.45, 7) is 4.76. The summed E-state index contributed by atoms with van der Waals surface area (Å²) in [4.78, 5) is 13.8. The van der Waals surface area contributed by atoms with E-state index < -0.39 is 0 Å². The summed E-state index contributed by atoms with van der Waals surface area (Å²) in [6.07, 6.45) is 8.46. The maximum atomic E-state index is 11.8. The fourth-order valence-corrected chi connectivity index (χ4v) is 1.86. The maximum Gasteiger partial charge on any atom is 0.222 e. The minimum absolute atomic E-state index is 0.279. The first kappa shape index (κ1) is 12.1. The van der Waals surface area contributed by atoms with E-state index in [4.69, 9.17) is 6.42 Å². The average Bonchev–Trinajstić information content (AvgIpc) is 2.25. The number of hydrogen-bond acceptors (Lipinski definition) is 2. The smallest absolute Gasteiger partial charge is 0.222 e. The van der Waals surface area contributed by atoms with Crippen molar-refractivity contribution in [1.29, 1.82) is 0 Å². The van der Waals surface area contributed by atoms with Crippen LogP contribution in [0.1, 0.15) is 32.6 Å². The molecule has 0 aromatic heterocycles. The lowest BCUT2D eigenvalue weighted by Gasteiger charge is -2.34. The Morgan fingerprint density at radius 1 is 1.60 bits per heavy atom. The normalized spacial score (nSPS) is 21.1. The van der Waals surface area contributed by atoms with Gasteiger partial charge in [-0.15, -0.1) is 12.3 Å². The van der Waals surface area contributed by atoms with Crippen LogP contribution in [0, 0.1) is 12.3 Å². The quantitative estimate of drug-likeness (QED) is 0.552. The number of hydrogen-bond donors (Lipinski definition) is 1. The van der Waals surface area contributed by atoms with Gasteiger partial charge in [-0.1, -0.05) is 0 Å². The number of nitrogens with zero attached hydrogens (tertiary/aromatic N) is 1. The number of unbranched alkanes of at least 4 members (excludes halogenated alkanes) is 2. The van der Waals surface area contributed by atoms with E-state index in [-0.39, 0.29) is 5.91 Å². The topological polar surface area (TPSA) is 32.3 Å². The third-order valence-electron chi connectivity index (χ3n) is 2.78. The zero-order valence-electron chi connectivity index (χ0n) is 9.46. The van der Waals surface area contributed by atoms with Crippen LogP contribution in [0.15, 0.2) is 0 Å². The summed E-state index contributed by atoms with van der Waals surface area (Å²) in [5, 5.41) is 3.28. The van der Waals surface area contributed by atoms with E-state index >= 15 is 0 Å². The van der Waals surface area contributed by atoms with Gasteiger partial charge in [0.15, 0.2) is 0 Å². The Labute approximate surface area is 92.2 Å². The average molecular weight is 208 g/mol. The molecule has 0 spiro atoms. The monoisotopic (exact) mass is 208 g/mol. The van der Waals surface area contributed by atoms with Crippen LogP contribution in [0.5, 0.6) is 0 Å². The van der Waals surface area contributed by atoms with Crippen LogP contribution < -0.4 is 5.32 Å². The van der Waals surface area contributed by atoms with Gasteiger partial charge in [0.2, 0.25) is 5.91 Å². The number of terminal acetylenes is 1. The molecule has 0 unspecified atom stereocenters. The van der Waals surface area contributed by atoms with Gasteiger partial charge in [-0.2, -0.15) is 0 Å². The third kappa shape index (κ3) is 3.93. The standard InChI is InChI=1S/C12H20N2O/c1-3-4-5-6-7-12(15)14-9-8-13-10-11(14)2/h1,11,13H,4-10H2,2H3/t11-/m1/s1. The first-order valence-corrected chi connectivity index (χ1v) is 5.69. The Balaban J connectivity index is 2.23. The highest BCUT2D eigenvalue weighted by atomic mass is 16.2. The van der Waals surface area contributed by atoms with Gasteiger partial charge in [-0.3, -0.25) is 4.79 Å². The van der Waals surface area contributed by atoms with Crippen LogP contribution in [-0.2, 0) is 4.79 Å². The van der Waals surface area contributed by atoms with Crippen LogP contribution >= 0.6 is 0 Å². The van der Waals surface area contributed by atoms with Crippen molar-refractivity contribution in [3.8, 4) is 12.3 Å². The zero-order valence-corrected chi connectivity index (χ0v) is 9.46. The number of rotatable bonds is 4. The second-order valence-corrected chi connectivity index (χ2v) is 4.05. The molecule has 0 aromatic rings. The Kier molecular flexibility index (Phi) is 5.20. The molecule has 3 heteroatoms. The molecule has 3 nitrogen and oxygen atoms in total. The second kappa shape index (κ2) is 6.47. The van der Waals surface area contributed by atoms with Crippen LogP contribution in [0.2, 0.25) is 0 Å². The lowest BCUT2D eigenvalue weighted by atomic mass is 10.1. The molecule has 0 saturated carbocycles. The summed E-state index contributed by atoms with van der Waals surface area (Å²) in [7, 11) is 0. The molecule has 0 bridgehead atoms. The number of nitrogens with one attached hydrogen (secondary N) is 1. The van der Waals surface area contributed by atoms with Gasteiger partial charge in [-0.05, 0) is 19.8 Å². The van der Waals surface area contributed by atoms with E-state index in [0.29, 0.717) is 12.5 Å². The second-order valence-electron chi connectivity index (χ2n) is 4.05. The predicted octanol–water partition coefficient (Wildman–Crippen LogP) is 1.00. The van der Waals surface area contributed by atoms with Gasteiger partial charge in [0.25, 0.3) is 0 Å². The highest BCUT2D eigenvalue weighted by Gasteiger charge is 2.21.